The van der Waals surface area contributed by atoms with Crippen LogP contribution in [-0.2, 0) is 4.74 Å². The van der Waals surface area contributed by atoms with Crippen LogP contribution < -0.4 is 10.2 Å². The first-order valence-electron chi connectivity index (χ1n) is 7.31. The molecule has 0 aromatic carbocycles. The molecule has 1 aromatic heterocycles. The number of ether oxygens (including phenoxy) is 1. The van der Waals surface area contributed by atoms with Crippen LogP contribution in [0.15, 0.2) is 11.6 Å². The minimum Gasteiger partial charge on any atom is -0.381 e. The molecule has 2 aliphatic rings. The number of nitrogens with one attached hydrogen (secondary N) is 1. The molecule has 1 N–H and O–H groups in total. The predicted octanol–water partition coefficient (Wildman–Crippen LogP) is 2.13. The molecule has 0 spiro atoms. The van der Waals surface area contributed by atoms with Crippen molar-refractivity contribution in [3.63, 3.8) is 0 Å². The molecule has 0 saturated carbocycles. The van der Waals surface area contributed by atoms with Gasteiger partial charge in [-0.1, -0.05) is 0 Å². The smallest absolute Gasteiger partial charge is 0.185 e. The standard InChI is InChI=1S/C14H23N3OS/c1-11(12-4-8-18-10-12)16-13-2-6-17(7-3-13)14-15-5-9-19-14/h5,9,11-13,16H,2-4,6-8,10H2,1H3/t11-,12-/m1/s1. The van der Waals surface area contributed by atoms with Crippen LogP contribution >= 0.6 is 11.3 Å². The topological polar surface area (TPSA) is 37.4 Å². The third-order valence-corrected chi connectivity index (χ3v) is 5.19. The summed E-state index contributed by atoms with van der Waals surface area (Å²) in [5, 5.41) is 7.04. The maximum atomic E-state index is 5.48. The zero-order valence-electron chi connectivity index (χ0n) is 11.5. The molecular formula is C14H23N3OS. The lowest BCUT2D eigenvalue weighted by molar-refractivity contribution is 0.175. The Balaban J connectivity index is 1.45. The van der Waals surface area contributed by atoms with Crippen LogP contribution in [0.5, 0.6) is 0 Å². The molecule has 0 bridgehead atoms. The van der Waals surface area contributed by atoms with Crippen molar-refractivity contribution >= 4 is 16.5 Å². The molecule has 3 heterocycles. The van der Waals surface area contributed by atoms with Gasteiger partial charge in [0.05, 0.1) is 6.61 Å². The van der Waals surface area contributed by atoms with E-state index in [1.165, 1.54) is 24.4 Å². The lowest BCUT2D eigenvalue weighted by Crippen LogP contribution is -2.47. The number of thiazole rings is 1. The maximum absolute atomic E-state index is 5.48. The Morgan fingerprint density at radius 2 is 2.26 bits per heavy atom. The van der Waals surface area contributed by atoms with Crippen LogP contribution in [0.2, 0.25) is 0 Å². The second-order valence-corrected chi connectivity index (χ2v) is 6.53. The highest BCUT2D eigenvalue weighted by Gasteiger charge is 2.26. The van der Waals surface area contributed by atoms with Gasteiger partial charge in [0.2, 0.25) is 0 Å². The van der Waals surface area contributed by atoms with E-state index < -0.39 is 0 Å². The number of nitrogens with zero attached hydrogens (tertiary/aromatic N) is 2. The van der Waals surface area contributed by atoms with E-state index in [1.54, 1.807) is 11.3 Å². The molecule has 2 saturated heterocycles. The van der Waals surface area contributed by atoms with Crippen LogP contribution in [0.25, 0.3) is 0 Å². The third-order valence-electron chi connectivity index (χ3n) is 4.36. The van der Waals surface area contributed by atoms with Gasteiger partial charge in [0, 0.05) is 43.4 Å². The molecule has 3 rings (SSSR count). The number of hydrogen-bond donors (Lipinski definition) is 1. The van der Waals surface area contributed by atoms with E-state index in [0.717, 1.165) is 26.3 Å². The van der Waals surface area contributed by atoms with E-state index in [9.17, 15) is 0 Å². The monoisotopic (exact) mass is 281 g/mol. The largest absolute Gasteiger partial charge is 0.381 e. The molecule has 19 heavy (non-hydrogen) atoms. The second-order valence-electron chi connectivity index (χ2n) is 5.66. The van der Waals surface area contributed by atoms with Crippen molar-refractivity contribution in [2.24, 2.45) is 5.92 Å². The molecule has 1 aromatic rings. The summed E-state index contributed by atoms with van der Waals surface area (Å²) < 4.78 is 5.48. The molecule has 2 aliphatic heterocycles. The molecule has 0 unspecified atom stereocenters. The van der Waals surface area contributed by atoms with Crippen LogP contribution in [0.3, 0.4) is 0 Å². The van der Waals surface area contributed by atoms with Gasteiger partial charge >= 0.3 is 0 Å². The maximum Gasteiger partial charge on any atom is 0.185 e. The zero-order chi connectivity index (χ0) is 13.1. The number of aromatic nitrogens is 1. The average Bonchev–Trinajstić information content (AvgIpc) is 3.13. The lowest BCUT2D eigenvalue weighted by atomic mass is 9.97. The fraction of sp³-hybridized carbons (Fsp3) is 0.786. The number of rotatable bonds is 4. The first-order chi connectivity index (χ1) is 9.33. The van der Waals surface area contributed by atoms with Crippen molar-refractivity contribution < 1.29 is 4.74 Å². The molecule has 4 nitrogen and oxygen atoms in total. The molecule has 0 radical (unpaired) electrons. The Morgan fingerprint density at radius 1 is 1.42 bits per heavy atom. The van der Waals surface area contributed by atoms with Crippen LogP contribution in [0.1, 0.15) is 26.2 Å². The first kappa shape index (κ1) is 13.3. The van der Waals surface area contributed by atoms with Crippen molar-refractivity contribution in [2.75, 3.05) is 31.2 Å². The summed E-state index contributed by atoms with van der Waals surface area (Å²) in [7, 11) is 0. The van der Waals surface area contributed by atoms with Crippen molar-refractivity contribution in [1.82, 2.24) is 10.3 Å². The van der Waals surface area contributed by atoms with E-state index in [-0.39, 0.29) is 0 Å². The van der Waals surface area contributed by atoms with E-state index in [4.69, 9.17) is 4.74 Å². The molecule has 106 valence electrons. The van der Waals surface area contributed by atoms with Gasteiger partial charge in [-0.3, -0.25) is 0 Å². The third kappa shape index (κ3) is 3.27. The Morgan fingerprint density at radius 3 is 2.89 bits per heavy atom. The van der Waals surface area contributed by atoms with Crippen LogP contribution in [0.4, 0.5) is 5.13 Å². The summed E-state index contributed by atoms with van der Waals surface area (Å²) in [5.74, 6) is 0.706. The predicted molar refractivity (Wildman–Crippen MR) is 78.9 cm³/mol. The lowest BCUT2D eigenvalue weighted by Gasteiger charge is -2.34. The highest BCUT2D eigenvalue weighted by Crippen LogP contribution is 2.23. The molecule has 2 atom stereocenters. The summed E-state index contributed by atoms with van der Waals surface area (Å²) >= 11 is 1.74. The summed E-state index contributed by atoms with van der Waals surface area (Å²) in [6.45, 7) is 6.44. The van der Waals surface area contributed by atoms with Crippen LogP contribution in [0, 0.1) is 5.92 Å². The highest BCUT2D eigenvalue weighted by molar-refractivity contribution is 7.13. The SMILES string of the molecule is C[C@@H](NC1CCN(c2nccs2)CC1)[C@@H]1CCOC1. The van der Waals surface area contributed by atoms with Gasteiger partial charge in [0.1, 0.15) is 0 Å². The van der Waals surface area contributed by atoms with Crippen molar-refractivity contribution in [1.29, 1.82) is 0 Å². The highest BCUT2D eigenvalue weighted by atomic mass is 32.1. The molecule has 5 heteroatoms. The van der Waals surface area contributed by atoms with E-state index in [2.05, 4.69) is 27.5 Å². The summed E-state index contributed by atoms with van der Waals surface area (Å²) in [5.41, 5.74) is 0. The number of anilines is 1. The van der Waals surface area contributed by atoms with E-state index >= 15 is 0 Å². The first-order valence-corrected chi connectivity index (χ1v) is 8.19. The van der Waals surface area contributed by atoms with Crippen molar-refractivity contribution in [2.45, 2.75) is 38.3 Å². The van der Waals surface area contributed by atoms with Gasteiger partial charge in [-0.15, -0.1) is 11.3 Å². The van der Waals surface area contributed by atoms with E-state index in [0.29, 0.717) is 18.0 Å². The van der Waals surface area contributed by atoms with Crippen LogP contribution in [-0.4, -0.2) is 43.4 Å². The quantitative estimate of drug-likeness (QED) is 0.917. The van der Waals surface area contributed by atoms with Gasteiger partial charge in [0.15, 0.2) is 5.13 Å². The Labute approximate surface area is 119 Å². The number of piperidine rings is 1. The van der Waals surface area contributed by atoms with Gasteiger partial charge in [-0.05, 0) is 32.1 Å². The minimum atomic E-state index is 0.582. The van der Waals surface area contributed by atoms with Gasteiger partial charge in [-0.25, -0.2) is 4.98 Å². The number of hydrogen-bond acceptors (Lipinski definition) is 5. The minimum absolute atomic E-state index is 0.582. The van der Waals surface area contributed by atoms with Crippen molar-refractivity contribution in [3.05, 3.63) is 11.6 Å². The van der Waals surface area contributed by atoms with Gasteiger partial charge in [0.25, 0.3) is 0 Å². The molecule has 0 amide bonds. The average molecular weight is 281 g/mol. The normalized spacial score (nSPS) is 26.8. The Kier molecular flexibility index (Phi) is 4.35. The summed E-state index contributed by atoms with van der Waals surface area (Å²) in [6.07, 6.45) is 5.55. The molecule has 2 fully saturated rings. The Hall–Kier alpha value is -0.650. The van der Waals surface area contributed by atoms with Crippen molar-refractivity contribution in [3.8, 4) is 0 Å². The second kappa shape index (κ2) is 6.20. The Bertz CT molecular complexity index is 370. The summed E-state index contributed by atoms with van der Waals surface area (Å²) in [4.78, 5) is 6.81. The van der Waals surface area contributed by atoms with Gasteiger partial charge < -0.3 is 15.0 Å². The fourth-order valence-electron chi connectivity index (χ4n) is 3.06. The molecular weight excluding hydrogens is 258 g/mol. The van der Waals surface area contributed by atoms with E-state index in [1.807, 2.05) is 6.20 Å². The molecule has 0 aliphatic carbocycles. The fourth-order valence-corrected chi connectivity index (χ4v) is 3.76. The van der Waals surface area contributed by atoms with Gasteiger partial charge in [-0.2, -0.15) is 0 Å². The summed E-state index contributed by atoms with van der Waals surface area (Å²) in [6, 6.07) is 1.24. The zero-order valence-corrected chi connectivity index (χ0v) is 12.4.